The Morgan fingerprint density at radius 2 is 1.97 bits per heavy atom. The van der Waals surface area contributed by atoms with Crippen LogP contribution in [0.25, 0.3) is 5.65 Å². The predicted octanol–water partition coefficient (Wildman–Crippen LogP) is 3.80. The number of nitrogens with one attached hydrogen (secondary N) is 1. The fourth-order valence-electron chi connectivity index (χ4n) is 5.68. The molecule has 0 saturated carbocycles. The Kier molecular flexibility index (Phi) is 5.77. The third-order valence-corrected chi connectivity index (χ3v) is 7.17. The fraction of sp³-hybridized carbons (Fsp3) is 0.481. The van der Waals surface area contributed by atoms with Crippen LogP contribution in [0.1, 0.15) is 56.6 Å². The van der Waals surface area contributed by atoms with E-state index in [0.29, 0.717) is 6.54 Å². The number of benzene rings is 1. The molecule has 2 amide bonds. The zero-order valence-electron chi connectivity index (χ0n) is 21.2. The molecular weight excluding hydrogens is 440 g/mol. The second-order valence-corrected chi connectivity index (χ2v) is 10.9. The highest BCUT2D eigenvalue weighted by molar-refractivity contribution is 5.89. The fourth-order valence-corrected chi connectivity index (χ4v) is 5.68. The first-order valence-electron chi connectivity index (χ1n) is 12.4. The van der Waals surface area contributed by atoms with E-state index < -0.39 is 0 Å². The summed E-state index contributed by atoms with van der Waals surface area (Å²) in [6.45, 7) is 9.79. The van der Waals surface area contributed by atoms with Gasteiger partial charge < -0.3 is 15.1 Å². The molecule has 0 bridgehead atoms. The van der Waals surface area contributed by atoms with E-state index in [1.807, 2.05) is 35.6 Å². The van der Waals surface area contributed by atoms with E-state index in [9.17, 15) is 9.59 Å². The van der Waals surface area contributed by atoms with Gasteiger partial charge in [-0.1, -0.05) is 32.9 Å². The molecule has 3 aromatic rings. The minimum atomic E-state index is -0.295. The molecule has 1 fully saturated rings. The van der Waals surface area contributed by atoms with Crippen LogP contribution in [0, 0.1) is 18.3 Å². The number of hydrogen-bond donors (Lipinski definition) is 1. The van der Waals surface area contributed by atoms with Gasteiger partial charge in [0, 0.05) is 38.3 Å². The summed E-state index contributed by atoms with van der Waals surface area (Å²) < 4.78 is 1.98. The summed E-state index contributed by atoms with van der Waals surface area (Å²) in [5, 5.41) is 7.44. The molecular formula is C27H34N6O2. The lowest BCUT2D eigenvalue weighted by molar-refractivity contribution is -0.138. The number of carbonyl (C=O) groups excluding carboxylic acids is 2. The quantitative estimate of drug-likeness (QED) is 0.622. The smallest absolute Gasteiger partial charge is 0.228 e. The van der Waals surface area contributed by atoms with Crippen LogP contribution in [0.15, 0.2) is 36.5 Å². The van der Waals surface area contributed by atoms with E-state index in [0.717, 1.165) is 47.7 Å². The van der Waals surface area contributed by atoms with E-state index in [-0.39, 0.29) is 35.6 Å². The third-order valence-electron chi connectivity index (χ3n) is 7.17. The molecule has 2 atom stereocenters. The standard InChI is InChI=1S/C27H34N6O2/c1-17-13-23-28-16-22-21(33(23)30-17)7-6-12-32(22)20-10-8-18(9-11-20)25(27(2,3)4)31(5)26(35)19-14-24(34)29-15-19/h8-11,13,16,19,25H,6-7,12,14-15H2,1-5H3,(H,29,34)/t19-,25+/m1/s1. The van der Waals surface area contributed by atoms with Crippen molar-refractivity contribution in [2.45, 2.75) is 53.0 Å². The number of rotatable bonds is 4. The van der Waals surface area contributed by atoms with Gasteiger partial charge in [0.05, 0.1) is 35.2 Å². The molecule has 0 spiro atoms. The van der Waals surface area contributed by atoms with Gasteiger partial charge in [-0.15, -0.1) is 0 Å². The van der Waals surface area contributed by atoms with Gasteiger partial charge in [-0.05, 0) is 42.9 Å². The van der Waals surface area contributed by atoms with Gasteiger partial charge >= 0.3 is 0 Å². The van der Waals surface area contributed by atoms with Crippen LogP contribution in [0.3, 0.4) is 0 Å². The maximum absolute atomic E-state index is 13.2. The van der Waals surface area contributed by atoms with Crippen molar-refractivity contribution in [3.8, 4) is 0 Å². The van der Waals surface area contributed by atoms with Gasteiger partial charge in [0.15, 0.2) is 5.65 Å². The largest absolute Gasteiger partial charge is 0.355 e. The topological polar surface area (TPSA) is 82.8 Å². The Hall–Kier alpha value is -3.42. The number of hydrogen-bond acceptors (Lipinski definition) is 5. The Balaban J connectivity index is 1.44. The molecule has 2 aliphatic heterocycles. The lowest BCUT2D eigenvalue weighted by atomic mass is 9.81. The maximum atomic E-state index is 13.2. The number of aromatic nitrogens is 3. The predicted molar refractivity (Wildman–Crippen MR) is 136 cm³/mol. The Labute approximate surface area is 206 Å². The Bertz CT molecular complexity index is 1270. The molecule has 8 nitrogen and oxygen atoms in total. The van der Waals surface area contributed by atoms with Crippen molar-refractivity contribution in [2.75, 3.05) is 25.0 Å². The summed E-state index contributed by atoms with van der Waals surface area (Å²) in [7, 11) is 1.86. The second-order valence-electron chi connectivity index (χ2n) is 10.9. The number of aryl methyl sites for hydroxylation is 2. The Morgan fingerprint density at radius 3 is 2.63 bits per heavy atom. The highest BCUT2D eigenvalue weighted by atomic mass is 16.2. The van der Waals surface area contributed by atoms with Gasteiger partial charge in [-0.2, -0.15) is 5.10 Å². The van der Waals surface area contributed by atoms with Crippen LogP contribution in [0.2, 0.25) is 0 Å². The van der Waals surface area contributed by atoms with Crippen molar-refractivity contribution < 1.29 is 9.59 Å². The average Bonchev–Trinajstić information content (AvgIpc) is 3.42. The van der Waals surface area contributed by atoms with Crippen molar-refractivity contribution >= 4 is 28.8 Å². The van der Waals surface area contributed by atoms with E-state index in [4.69, 9.17) is 0 Å². The summed E-state index contributed by atoms with van der Waals surface area (Å²) in [5.74, 6) is -0.328. The van der Waals surface area contributed by atoms with Gasteiger partial charge in [0.2, 0.25) is 11.8 Å². The van der Waals surface area contributed by atoms with E-state index >= 15 is 0 Å². The monoisotopic (exact) mass is 474 g/mol. The molecule has 184 valence electrons. The first-order valence-corrected chi connectivity index (χ1v) is 12.4. The molecule has 4 heterocycles. The van der Waals surface area contributed by atoms with Crippen LogP contribution in [0.5, 0.6) is 0 Å². The molecule has 1 aromatic carbocycles. The van der Waals surface area contributed by atoms with Crippen LogP contribution in [-0.4, -0.2) is 51.4 Å². The zero-order valence-corrected chi connectivity index (χ0v) is 21.2. The lowest BCUT2D eigenvalue weighted by Gasteiger charge is -2.39. The van der Waals surface area contributed by atoms with Crippen molar-refractivity contribution in [3.05, 3.63) is 53.5 Å². The van der Waals surface area contributed by atoms with Crippen LogP contribution >= 0.6 is 0 Å². The molecule has 8 heteroatoms. The maximum Gasteiger partial charge on any atom is 0.228 e. The van der Waals surface area contributed by atoms with Gasteiger partial charge in [0.25, 0.3) is 0 Å². The van der Waals surface area contributed by atoms with Crippen molar-refractivity contribution in [2.24, 2.45) is 11.3 Å². The number of amides is 2. The minimum Gasteiger partial charge on any atom is -0.355 e. The van der Waals surface area contributed by atoms with Crippen molar-refractivity contribution in [3.63, 3.8) is 0 Å². The molecule has 35 heavy (non-hydrogen) atoms. The molecule has 0 aliphatic carbocycles. The Morgan fingerprint density at radius 1 is 1.23 bits per heavy atom. The van der Waals surface area contributed by atoms with Gasteiger partial charge in [0.1, 0.15) is 0 Å². The van der Waals surface area contributed by atoms with Crippen LogP contribution in [-0.2, 0) is 16.0 Å². The molecule has 1 saturated heterocycles. The number of fused-ring (bicyclic) bond motifs is 3. The van der Waals surface area contributed by atoms with Crippen molar-refractivity contribution in [1.29, 1.82) is 0 Å². The molecule has 1 N–H and O–H groups in total. The minimum absolute atomic E-state index is 0.0157. The number of carbonyl (C=O) groups is 2. The normalized spacial score (nSPS) is 18.9. The highest BCUT2D eigenvalue weighted by Crippen LogP contribution is 2.40. The van der Waals surface area contributed by atoms with Crippen molar-refractivity contribution in [1.82, 2.24) is 24.8 Å². The zero-order chi connectivity index (χ0) is 24.9. The van der Waals surface area contributed by atoms with E-state index in [1.165, 1.54) is 5.69 Å². The summed E-state index contributed by atoms with van der Waals surface area (Å²) in [6, 6.07) is 10.4. The van der Waals surface area contributed by atoms with Crippen LogP contribution < -0.4 is 10.2 Å². The average molecular weight is 475 g/mol. The molecule has 0 radical (unpaired) electrons. The van der Waals surface area contributed by atoms with E-state index in [2.05, 4.69) is 65.3 Å². The molecule has 2 aliphatic rings. The molecule has 0 unspecified atom stereocenters. The first kappa shape index (κ1) is 23.3. The van der Waals surface area contributed by atoms with Gasteiger partial charge in [-0.25, -0.2) is 9.50 Å². The lowest BCUT2D eigenvalue weighted by Crippen LogP contribution is -2.42. The molecule has 2 aromatic heterocycles. The summed E-state index contributed by atoms with van der Waals surface area (Å²) >= 11 is 0. The summed E-state index contributed by atoms with van der Waals surface area (Å²) in [4.78, 5) is 33.7. The number of nitrogens with zero attached hydrogens (tertiary/aromatic N) is 5. The highest BCUT2D eigenvalue weighted by Gasteiger charge is 2.37. The molecule has 5 rings (SSSR count). The second kappa shape index (κ2) is 8.66. The summed E-state index contributed by atoms with van der Waals surface area (Å²) in [6.07, 6.45) is 4.25. The van der Waals surface area contributed by atoms with E-state index in [1.54, 1.807) is 0 Å². The summed E-state index contributed by atoms with van der Waals surface area (Å²) in [5.41, 5.74) is 6.16. The van der Waals surface area contributed by atoms with Gasteiger partial charge in [-0.3, -0.25) is 9.59 Å². The van der Waals surface area contributed by atoms with Crippen LogP contribution in [0.4, 0.5) is 11.4 Å². The SMILES string of the molecule is Cc1cc2ncc3c(n2n1)CCCN3c1ccc([C@H](N(C)C(=O)[C@H]2CNC(=O)C2)C(C)(C)C)cc1. The first-order chi connectivity index (χ1) is 16.6. The number of anilines is 2. The third kappa shape index (κ3) is 4.26.